The second-order valence-electron chi connectivity index (χ2n) is 1.72. The van der Waals surface area contributed by atoms with Crippen LogP contribution in [0.1, 0.15) is 0 Å². The summed E-state index contributed by atoms with van der Waals surface area (Å²) in [5.74, 6) is -13.1. The van der Waals surface area contributed by atoms with Crippen LogP contribution in [-0.2, 0) is 62.9 Å². The van der Waals surface area contributed by atoms with Gasteiger partial charge in [-0.3, -0.25) is 0 Å². The van der Waals surface area contributed by atoms with E-state index < -0.39 is 35.8 Å². The van der Waals surface area contributed by atoms with Crippen LogP contribution in [0.15, 0.2) is 0 Å². The molecule has 0 unspecified atom stereocenters. The molecule has 0 heterocycles. The molecule has 0 aromatic heterocycles. The Kier molecular flexibility index (Phi) is 25.9. The molecule has 0 aliphatic carbocycles. The van der Waals surface area contributed by atoms with Crippen molar-refractivity contribution in [2.75, 3.05) is 0 Å². The van der Waals surface area contributed by atoms with Crippen LogP contribution in [0.2, 0.25) is 0 Å². The van der Waals surface area contributed by atoms with Crippen molar-refractivity contribution in [2.24, 2.45) is 0 Å². The summed E-state index contributed by atoms with van der Waals surface area (Å²) >= 11 is 0. The molecule has 0 aromatic rings. The third kappa shape index (κ3) is 36.0. The number of carbonyl (C=O) groups excluding carboxylic acids is 6. The molecule has 14 heteroatoms. The van der Waals surface area contributed by atoms with Gasteiger partial charge in [0.05, 0.1) is 35.8 Å². The second kappa shape index (κ2) is 16.9. The Bertz CT molecular complexity index is 281. The summed E-state index contributed by atoms with van der Waals surface area (Å²) in [6, 6.07) is 0. The molecule has 20 heavy (non-hydrogen) atoms. The molecule has 0 N–H and O–H groups in total. The minimum absolute atomic E-state index is 0. The van der Waals surface area contributed by atoms with Crippen molar-refractivity contribution in [3.05, 3.63) is 0 Å². The van der Waals surface area contributed by atoms with E-state index >= 15 is 0 Å². The molecule has 118 valence electrons. The fraction of sp³-hybridized carbons (Fsp3) is 0. The van der Waals surface area contributed by atoms with Crippen molar-refractivity contribution in [1.82, 2.24) is 0 Å². The van der Waals surface area contributed by atoms with Crippen molar-refractivity contribution in [3.8, 4) is 0 Å². The summed E-state index contributed by atoms with van der Waals surface area (Å²) in [6.07, 6.45) is 0. The van der Waals surface area contributed by atoms with Crippen LogP contribution in [0.3, 0.4) is 0 Å². The van der Waals surface area contributed by atoms with Gasteiger partial charge < -0.3 is 59.4 Å². The topological polar surface area (TPSA) is 241 Å². The zero-order valence-electron chi connectivity index (χ0n) is 8.61. The molecule has 0 spiro atoms. The van der Waals surface area contributed by atoms with Gasteiger partial charge in [0.25, 0.3) is 0 Å². The average molecular weight is 376 g/mol. The molecular weight excluding hydrogens is 376 g/mol. The standard InChI is InChI=1S/3C2H2O4.2Fe/c3*3-1(4)2(5)6;;/h3*(H,3,4)(H,5,6);;/p-6. The molecule has 0 saturated carbocycles. The van der Waals surface area contributed by atoms with Crippen molar-refractivity contribution in [3.63, 3.8) is 0 Å². The summed E-state index contributed by atoms with van der Waals surface area (Å²) in [6.45, 7) is 0. The van der Waals surface area contributed by atoms with Gasteiger partial charge in [-0.15, -0.1) is 0 Å². The van der Waals surface area contributed by atoms with E-state index in [4.69, 9.17) is 59.4 Å². The van der Waals surface area contributed by atoms with Gasteiger partial charge in [0, 0.05) is 34.1 Å². The first-order chi connectivity index (χ1) is 7.93. The minimum Gasteiger partial charge on any atom is -0.543 e. The smallest absolute Gasteiger partial charge is 0.0870 e. The average Bonchev–Trinajstić information content (AvgIpc) is 2.18. The normalized spacial score (nSPS) is 6.60. The van der Waals surface area contributed by atoms with Gasteiger partial charge >= 0.3 is 0 Å². The summed E-state index contributed by atoms with van der Waals surface area (Å²) in [5.41, 5.74) is 0. The zero-order valence-corrected chi connectivity index (χ0v) is 10.8. The molecule has 0 aliphatic rings. The number of carboxylic acids is 6. The van der Waals surface area contributed by atoms with E-state index in [1.165, 1.54) is 0 Å². The molecular formula is C6Fe2O12-6. The van der Waals surface area contributed by atoms with Crippen LogP contribution in [-0.4, -0.2) is 35.8 Å². The predicted molar refractivity (Wildman–Crippen MR) is 30.0 cm³/mol. The van der Waals surface area contributed by atoms with Crippen molar-refractivity contribution in [1.29, 1.82) is 0 Å². The van der Waals surface area contributed by atoms with Crippen LogP contribution in [0.4, 0.5) is 0 Å². The molecule has 0 rings (SSSR count). The SMILES string of the molecule is O=C([O-])C(=O)[O-].O=C([O-])C(=O)[O-].O=C([O-])C(=O)[O-].[Fe].[Fe]. The molecule has 0 fully saturated rings. The number of hydrogen-bond donors (Lipinski definition) is 0. The van der Waals surface area contributed by atoms with Crippen LogP contribution in [0.25, 0.3) is 0 Å². The molecule has 0 aromatic carbocycles. The van der Waals surface area contributed by atoms with Gasteiger partial charge in [-0.1, -0.05) is 0 Å². The maximum atomic E-state index is 8.93. The number of carboxylic acid groups (broad SMARTS) is 6. The van der Waals surface area contributed by atoms with Crippen molar-refractivity contribution >= 4 is 35.8 Å². The van der Waals surface area contributed by atoms with Crippen molar-refractivity contribution in [2.45, 2.75) is 0 Å². The minimum atomic E-state index is -2.19. The Morgan fingerprint density at radius 3 is 0.400 bits per heavy atom. The van der Waals surface area contributed by atoms with E-state index in [1.54, 1.807) is 0 Å². The summed E-state index contributed by atoms with van der Waals surface area (Å²) in [7, 11) is 0. The summed E-state index contributed by atoms with van der Waals surface area (Å²) in [4.78, 5) is 53.6. The fourth-order valence-corrected chi connectivity index (χ4v) is 0. The first-order valence-corrected chi connectivity index (χ1v) is 3.20. The molecule has 0 bridgehead atoms. The number of rotatable bonds is 0. The van der Waals surface area contributed by atoms with Gasteiger partial charge in [0.1, 0.15) is 0 Å². The van der Waals surface area contributed by atoms with E-state index in [-0.39, 0.29) is 34.1 Å². The zero-order chi connectivity index (χ0) is 15.5. The van der Waals surface area contributed by atoms with Crippen LogP contribution in [0.5, 0.6) is 0 Å². The maximum absolute atomic E-state index is 8.93. The largest absolute Gasteiger partial charge is 0.543 e. The van der Waals surface area contributed by atoms with E-state index in [0.29, 0.717) is 0 Å². The second-order valence-corrected chi connectivity index (χ2v) is 1.72. The number of hydrogen-bond acceptors (Lipinski definition) is 12. The van der Waals surface area contributed by atoms with Gasteiger partial charge in [-0.05, 0) is 0 Å². The first kappa shape index (κ1) is 30.7. The number of carbonyl (C=O) groups is 6. The molecule has 0 aliphatic heterocycles. The third-order valence-electron chi connectivity index (χ3n) is 0.500. The predicted octanol–water partition coefficient (Wildman–Crippen LogP) is -10.5. The molecule has 0 atom stereocenters. The molecule has 12 nitrogen and oxygen atoms in total. The van der Waals surface area contributed by atoms with E-state index in [9.17, 15) is 0 Å². The van der Waals surface area contributed by atoms with E-state index in [2.05, 4.69) is 0 Å². The van der Waals surface area contributed by atoms with Crippen molar-refractivity contribution < 1.29 is 93.5 Å². The van der Waals surface area contributed by atoms with Crippen LogP contribution >= 0.6 is 0 Å². The number of aliphatic carboxylic acids is 6. The van der Waals surface area contributed by atoms with E-state index in [0.717, 1.165) is 0 Å². The first-order valence-electron chi connectivity index (χ1n) is 3.20. The molecule has 0 radical (unpaired) electrons. The summed E-state index contributed by atoms with van der Waals surface area (Å²) in [5, 5.41) is 53.6. The van der Waals surface area contributed by atoms with Crippen LogP contribution in [0, 0.1) is 0 Å². The van der Waals surface area contributed by atoms with Gasteiger partial charge in [-0.2, -0.15) is 0 Å². The molecule has 0 saturated heterocycles. The maximum Gasteiger partial charge on any atom is 0.0870 e. The van der Waals surface area contributed by atoms with Gasteiger partial charge in [-0.25, -0.2) is 0 Å². The quantitative estimate of drug-likeness (QED) is 0.283. The monoisotopic (exact) mass is 376 g/mol. The Labute approximate surface area is 130 Å². The third-order valence-corrected chi connectivity index (χ3v) is 0.500. The molecule has 0 amide bonds. The Balaban J connectivity index is -0.0000000536. The fourth-order valence-electron chi connectivity index (χ4n) is 0. The Morgan fingerprint density at radius 2 is 0.400 bits per heavy atom. The Hall–Kier alpha value is -2.14. The van der Waals surface area contributed by atoms with Crippen LogP contribution < -0.4 is 30.6 Å². The van der Waals surface area contributed by atoms with Gasteiger partial charge in [0.2, 0.25) is 0 Å². The summed E-state index contributed by atoms with van der Waals surface area (Å²) < 4.78 is 0. The Morgan fingerprint density at radius 1 is 0.350 bits per heavy atom. The van der Waals surface area contributed by atoms with E-state index in [1.807, 2.05) is 0 Å². The van der Waals surface area contributed by atoms with Gasteiger partial charge in [0.15, 0.2) is 0 Å².